The molecule has 1 heterocycles. The highest BCUT2D eigenvalue weighted by Crippen LogP contribution is 2.49. The summed E-state index contributed by atoms with van der Waals surface area (Å²) < 4.78 is 24.0. The van der Waals surface area contributed by atoms with E-state index in [1.807, 2.05) is 18.2 Å². The molecule has 1 fully saturated rings. The van der Waals surface area contributed by atoms with Crippen molar-refractivity contribution in [3.05, 3.63) is 53.8 Å². The fraction of sp³-hybridized carbons (Fsp3) is 0.278. The molecule has 2 aromatic carbocycles. The maximum Gasteiger partial charge on any atom is 0.228 e. The molecule has 1 saturated carbocycles. The lowest BCUT2D eigenvalue weighted by atomic mass is 10.1. The van der Waals surface area contributed by atoms with Crippen LogP contribution in [0.25, 0.3) is 0 Å². The molecule has 0 unspecified atom stereocenters. The zero-order valence-electron chi connectivity index (χ0n) is 12.4. The van der Waals surface area contributed by atoms with Crippen LogP contribution in [-0.2, 0) is 4.79 Å². The van der Waals surface area contributed by atoms with Crippen molar-refractivity contribution in [3.8, 4) is 11.5 Å². The maximum absolute atomic E-state index is 12.9. The van der Waals surface area contributed by atoms with Gasteiger partial charge in [0.1, 0.15) is 19.0 Å². The van der Waals surface area contributed by atoms with Gasteiger partial charge in [-0.25, -0.2) is 4.39 Å². The van der Waals surface area contributed by atoms with Gasteiger partial charge in [0.25, 0.3) is 0 Å². The number of anilines is 1. The summed E-state index contributed by atoms with van der Waals surface area (Å²) in [7, 11) is 0. The molecule has 1 amide bonds. The number of ether oxygens (including phenoxy) is 2. The fourth-order valence-corrected chi connectivity index (χ4v) is 2.91. The van der Waals surface area contributed by atoms with Crippen molar-refractivity contribution >= 4 is 11.6 Å². The molecule has 0 spiro atoms. The van der Waals surface area contributed by atoms with Crippen molar-refractivity contribution in [2.24, 2.45) is 5.92 Å². The molecule has 0 aromatic heterocycles. The van der Waals surface area contributed by atoms with Crippen LogP contribution in [0.4, 0.5) is 10.1 Å². The molecule has 0 saturated heterocycles. The van der Waals surface area contributed by atoms with Crippen molar-refractivity contribution in [3.63, 3.8) is 0 Å². The number of amides is 1. The zero-order valence-corrected chi connectivity index (χ0v) is 12.4. The molecule has 23 heavy (non-hydrogen) atoms. The predicted octanol–water partition coefficient (Wildman–Crippen LogP) is 3.34. The van der Waals surface area contributed by atoms with Crippen LogP contribution in [0.5, 0.6) is 11.5 Å². The largest absolute Gasteiger partial charge is 0.486 e. The van der Waals surface area contributed by atoms with Crippen LogP contribution in [-0.4, -0.2) is 19.1 Å². The number of fused-ring (bicyclic) bond motifs is 1. The first-order valence-corrected chi connectivity index (χ1v) is 7.67. The highest BCUT2D eigenvalue weighted by Gasteiger charge is 2.44. The van der Waals surface area contributed by atoms with E-state index in [9.17, 15) is 9.18 Å². The fourth-order valence-electron chi connectivity index (χ4n) is 2.91. The summed E-state index contributed by atoms with van der Waals surface area (Å²) in [5.41, 5.74) is 1.71. The maximum atomic E-state index is 12.9. The average Bonchev–Trinajstić information content (AvgIpc) is 3.37. The summed E-state index contributed by atoms with van der Waals surface area (Å²) in [6, 6.07) is 11.6. The molecule has 0 bridgehead atoms. The van der Waals surface area contributed by atoms with Crippen molar-refractivity contribution in [2.45, 2.75) is 12.3 Å². The molecule has 1 aliphatic carbocycles. The van der Waals surface area contributed by atoms with E-state index in [1.54, 1.807) is 12.1 Å². The molecule has 2 aromatic rings. The second-order valence-corrected chi connectivity index (χ2v) is 5.85. The van der Waals surface area contributed by atoms with E-state index in [1.165, 1.54) is 12.1 Å². The Morgan fingerprint density at radius 1 is 1.04 bits per heavy atom. The number of carbonyl (C=O) groups is 1. The van der Waals surface area contributed by atoms with Crippen LogP contribution >= 0.6 is 0 Å². The number of benzene rings is 2. The minimum Gasteiger partial charge on any atom is -0.486 e. The van der Waals surface area contributed by atoms with Crippen molar-refractivity contribution < 1.29 is 18.7 Å². The van der Waals surface area contributed by atoms with Crippen LogP contribution in [0, 0.1) is 11.7 Å². The molecule has 1 N–H and O–H groups in total. The van der Waals surface area contributed by atoms with Gasteiger partial charge in [-0.15, -0.1) is 0 Å². The van der Waals surface area contributed by atoms with Gasteiger partial charge in [-0.3, -0.25) is 4.79 Å². The van der Waals surface area contributed by atoms with Crippen LogP contribution in [0.2, 0.25) is 0 Å². The monoisotopic (exact) mass is 313 g/mol. The first-order chi connectivity index (χ1) is 11.2. The number of halogens is 1. The van der Waals surface area contributed by atoms with Crippen LogP contribution in [0.15, 0.2) is 42.5 Å². The van der Waals surface area contributed by atoms with Gasteiger partial charge in [-0.2, -0.15) is 0 Å². The topological polar surface area (TPSA) is 47.6 Å². The molecular weight excluding hydrogens is 297 g/mol. The van der Waals surface area contributed by atoms with E-state index in [0.717, 1.165) is 23.5 Å². The zero-order chi connectivity index (χ0) is 15.8. The van der Waals surface area contributed by atoms with Crippen molar-refractivity contribution in [1.82, 2.24) is 0 Å². The second kappa shape index (κ2) is 5.57. The molecule has 4 nitrogen and oxygen atoms in total. The quantitative estimate of drug-likeness (QED) is 0.945. The lowest BCUT2D eigenvalue weighted by molar-refractivity contribution is -0.117. The van der Waals surface area contributed by atoms with E-state index in [0.29, 0.717) is 18.9 Å². The van der Waals surface area contributed by atoms with E-state index in [4.69, 9.17) is 9.47 Å². The third-order valence-electron chi connectivity index (χ3n) is 4.23. The van der Waals surface area contributed by atoms with E-state index >= 15 is 0 Å². The molecule has 2 aliphatic rings. The normalized spacial score (nSPS) is 21.6. The first-order valence-electron chi connectivity index (χ1n) is 7.67. The van der Waals surface area contributed by atoms with E-state index in [-0.39, 0.29) is 23.6 Å². The lowest BCUT2D eigenvalue weighted by Gasteiger charge is -2.18. The summed E-state index contributed by atoms with van der Waals surface area (Å²) in [5, 5.41) is 2.83. The van der Waals surface area contributed by atoms with E-state index < -0.39 is 0 Å². The second-order valence-electron chi connectivity index (χ2n) is 5.85. The number of carbonyl (C=O) groups excluding carboxylic acids is 1. The molecule has 5 heteroatoms. The minimum atomic E-state index is -0.316. The Hall–Kier alpha value is -2.56. The Morgan fingerprint density at radius 3 is 2.57 bits per heavy atom. The summed E-state index contributed by atoms with van der Waals surface area (Å²) in [6.45, 7) is 1.12. The van der Waals surface area contributed by atoms with Gasteiger partial charge in [0.05, 0.1) is 0 Å². The number of hydrogen-bond donors (Lipinski definition) is 1. The van der Waals surface area contributed by atoms with Crippen LogP contribution < -0.4 is 14.8 Å². The molecule has 2 atom stereocenters. The number of hydrogen-bond acceptors (Lipinski definition) is 3. The smallest absolute Gasteiger partial charge is 0.228 e. The molecule has 1 aliphatic heterocycles. The minimum absolute atomic E-state index is 0.0310. The van der Waals surface area contributed by atoms with Gasteiger partial charge in [-0.1, -0.05) is 6.07 Å². The Balaban J connectivity index is 1.43. The van der Waals surface area contributed by atoms with Gasteiger partial charge < -0.3 is 14.8 Å². The molecule has 118 valence electrons. The Kier molecular flexibility index (Phi) is 3.41. The Bertz CT molecular complexity index is 744. The average molecular weight is 313 g/mol. The Labute approximate surface area is 133 Å². The van der Waals surface area contributed by atoms with Gasteiger partial charge in [0, 0.05) is 11.6 Å². The third kappa shape index (κ3) is 2.86. The molecular formula is C18H16FNO3. The number of rotatable bonds is 3. The standard InChI is InChI=1S/C18H16FNO3/c19-12-2-4-13(5-3-12)20-18(21)15-10-14(15)11-1-6-16-17(9-11)23-8-7-22-16/h1-6,9,14-15H,7-8,10H2,(H,20,21)/t14-,15+/m1/s1. The van der Waals surface area contributed by atoms with Gasteiger partial charge in [-0.05, 0) is 54.3 Å². The highest BCUT2D eigenvalue weighted by atomic mass is 19.1. The molecule has 0 radical (unpaired) electrons. The van der Waals surface area contributed by atoms with Gasteiger partial charge >= 0.3 is 0 Å². The van der Waals surface area contributed by atoms with Crippen molar-refractivity contribution in [2.75, 3.05) is 18.5 Å². The lowest BCUT2D eigenvalue weighted by Crippen LogP contribution is -2.16. The SMILES string of the molecule is O=C(Nc1ccc(F)cc1)[C@H]1C[C@@H]1c1ccc2c(c1)OCCO2. The number of nitrogens with one attached hydrogen (secondary N) is 1. The van der Waals surface area contributed by atoms with Crippen molar-refractivity contribution in [1.29, 1.82) is 0 Å². The summed E-state index contributed by atoms with van der Waals surface area (Å²) in [5.74, 6) is 1.31. The van der Waals surface area contributed by atoms with E-state index in [2.05, 4.69) is 5.32 Å². The predicted molar refractivity (Wildman–Crippen MR) is 83.3 cm³/mol. The molecule has 4 rings (SSSR count). The van der Waals surface area contributed by atoms with Crippen LogP contribution in [0.1, 0.15) is 17.9 Å². The first kappa shape index (κ1) is 14.1. The summed E-state index contributed by atoms with van der Waals surface area (Å²) >= 11 is 0. The summed E-state index contributed by atoms with van der Waals surface area (Å²) in [4.78, 5) is 12.3. The van der Waals surface area contributed by atoms with Gasteiger partial charge in [0.2, 0.25) is 5.91 Å². The van der Waals surface area contributed by atoms with Gasteiger partial charge in [0.15, 0.2) is 11.5 Å². The third-order valence-corrected chi connectivity index (χ3v) is 4.23. The summed E-state index contributed by atoms with van der Waals surface area (Å²) in [6.07, 6.45) is 0.812. The van der Waals surface area contributed by atoms with Crippen LogP contribution in [0.3, 0.4) is 0 Å². The highest BCUT2D eigenvalue weighted by molar-refractivity contribution is 5.95. The Morgan fingerprint density at radius 2 is 1.78 bits per heavy atom.